The number of thiazole rings is 1. The zero-order valence-corrected chi connectivity index (χ0v) is 20.3. The number of rotatable bonds is 14. The van der Waals surface area contributed by atoms with Gasteiger partial charge in [0.05, 0.1) is 0 Å². The van der Waals surface area contributed by atoms with Gasteiger partial charge in [0, 0.05) is 42.4 Å². The van der Waals surface area contributed by atoms with Crippen molar-refractivity contribution in [2.45, 2.75) is 68.7 Å². The number of nitrogens with one attached hydrogen (secondary N) is 1. The molecule has 1 aromatic heterocycles. The van der Waals surface area contributed by atoms with Gasteiger partial charge in [-0.3, -0.25) is 4.79 Å². The van der Waals surface area contributed by atoms with Crippen molar-refractivity contribution in [3.05, 3.63) is 40.9 Å². The summed E-state index contributed by atoms with van der Waals surface area (Å²) in [5, 5.41) is 14.0. The molecule has 1 amide bonds. The van der Waals surface area contributed by atoms with E-state index in [9.17, 15) is 9.59 Å². The average molecular weight is 476 g/mol. The molecule has 1 saturated heterocycles. The lowest BCUT2D eigenvalue weighted by Crippen LogP contribution is -2.39. The molecule has 0 bridgehead atoms. The van der Waals surface area contributed by atoms with Gasteiger partial charge in [-0.05, 0) is 37.0 Å². The lowest BCUT2D eigenvalue weighted by molar-refractivity contribution is -0.128. The van der Waals surface area contributed by atoms with Crippen LogP contribution in [-0.2, 0) is 11.2 Å². The van der Waals surface area contributed by atoms with Gasteiger partial charge in [0.1, 0.15) is 0 Å². The third-order valence-electron chi connectivity index (χ3n) is 5.78. The average Bonchev–Trinajstić information content (AvgIpc) is 3.40. The minimum absolute atomic E-state index is 0.0827. The maximum absolute atomic E-state index is 12.3. The molecule has 174 valence electrons. The highest BCUT2D eigenvalue weighted by atomic mass is 32.2. The molecule has 0 spiro atoms. The van der Waals surface area contributed by atoms with Gasteiger partial charge in [-0.25, -0.2) is 9.78 Å². The molecule has 3 rings (SSSR count). The van der Waals surface area contributed by atoms with Crippen LogP contribution in [0.3, 0.4) is 0 Å². The number of thioether (sulfide) groups is 1. The van der Waals surface area contributed by atoms with Crippen LogP contribution in [0.25, 0.3) is 0 Å². The first-order valence-corrected chi connectivity index (χ1v) is 13.4. The van der Waals surface area contributed by atoms with Crippen LogP contribution < -0.4 is 5.32 Å². The number of carbonyl (C=O) groups is 2. The molecule has 6 nitrogen and oxygen atoms in total. The van der Waals surface area contributed by atoms with Crippen molar-refractivity contribution in [3.63, 3.8) is 0 Å². The molecule has 1 atom stereocenters. The molecule has 2 aromatic rings. The summed E-state index contributed by atoms with van der Waals surface area (Å²) in [6.07, 6.45) is 9.10. The van der Waals surface area contributed by atoms with Gasteiger partial charge in [-0.2, -0.15) is 0 Å². The van der Waals surface area contributed by atoms with Gasteiger partial charge in [0.25, 0.3) is 0 Å². The first-order chi connectivity index (χ1) is 15.6. The lowest BCUT2D eigenvalue weighted by atomic mass is 10.1. The first-order valence-electron chi connectivity index (χ1n) is 11.5. The highest BCUT2D eigenvalue weighted by Gasteiger charge is 2.30. The summed E-state index contributed by atoms with van der Waals surface area (Å²) in [5.41, 5.74) is 2.56. The summed E-state index contributed by atoms with van der Waals surface area (Å²) in [5.74, 6) is -0.1000. The number of nitrogens with zero attached hydrogens (tertiary/aromatic N) is 2. The van der Waals surface area contributed by atoms with E-state index in [-0.39, 0.29) is 17.6 Å². The standard InChI is InChI=1S/C24H33N3O3S2/c1-2-3-4-5-6-7-18-8-10-19(11-9-18)25-16-20-12-13-22(28)27(20)14-15-31-24-26-21(17-32-24)23(29)30/h8-11,17,20,25H,2-7,12-16H2,1H3,(H,29,30). The predicted octanol–water partition coefficient (Wildman–Crippen LogP) is 5.55. The van der Waals surface area contributed by atoms with Crippen molar-refractivity contribution in [2.24, 2.45) is 0 Å². The van der Waals surface area contributed by atoms with E-state index in [1.807, 2.05) is 4.90 Å². The molecule has 1 aliphatic rings. The topological polar surface area (TPSA) is 82.5 Å². The normalized spacial score (nSPS) is 16.0. The van der Waals surface area contributed by atoms with Crippen molar-refractivity contribution >= 4 is 40.7 Å². The summed E-state index contributed by atoms with van der Waals surface area (Å²) in [4.78, 5) is 29.3. The number of benzene rings is 1. The van der Waals surface area contributed by atoms with Crippen LogP contribution >= 0.6 is 23.1 Å². The molecule has 2 N–H and O–H groups in total. The zero-order chi connectivity index (χ0) is 22.8. The molecule has 1 aliphatic heterocycles. The number of hydrogen-bond acceptors (Lipinski definition) is 6. The Morgan fingerprint density at radius 2 is 2.03 bits per heavy atom. The predicted molar refractivity (Wildman–Crippen MR) is 132 cm³/mol. The van der Waals surface area contributed by atoms with Gasteiger partial charge >= 0.3 is 5.97 Å². The number of carboxylic acids is 1. The van der Waals surface area contributed by atoms with E-state index in [1.54, 1.807) is 5.38 Å². The van der Waals surface area contributed by atoms with E-state index in [4.69, 9.17) is 5.11 Å². The fraction of sp³-hybridized carbons (Fsp3) is 0.542. The third-order valence-corrected chi connectivity index (χ3v) is 7.78. The third kappa shape index (κ3) is 7.52. The van der Waals surface area contributed by atoms with Crippen LogP contribution in [0.5, 0.6) is 0 Å². The summed E-state index contributed by atoms with van der Waals surface area (Å²) < 4.78 is 0.731. The number of amides is 1. The van der Waals surface area contributed by atoms with Crippen molar-refractivity contribution in [1.82, 2.24) is 9.88 Å². The van der Waals surface area contributed by atoms with Gasteiger partial charge in [0.15, 0.2) is 10.0 Å². The molecule has 1 aromatic carbocycles. The Hall–Kier alpha value is -2.06. The second-order valence-corrected chi connectivity index (χ2v) is 10.4. The molecular formula is C24H33N3O3S2. The SMILES string of the molecule is CCCCCCCc1ccc(NCC2CCC(=O)N2CCSc2nc(C(=O)O)cs2)cc1. The Kier molecular flexibility index (Phi) is 9.87. The molecule has 0 radical (unpaired) electrons. The number of hydrogen-bond donors (Lipinski definition) is 2. The molecule has 0 saturated carbocycles. The van der Waals surface area contributed by atoms with Gasteiger partial charge in [-0.15, -0.1) is 11.3 Å². The van der Waals surface area contributed by atoms with Crippen LogP contribution in [0.2, 0.25) is 0 Å². The fourth-order valence-corrected chi connectivity index (χ4v) is 5.73. The number of carboxylic acid groups (broad SMARTS) is 1. The smallest absolute Gasteiger partial charge is 0.355 e. The van der Waals surface area contributed by atoms with Crippen LogP contribution in [0.4, 0.5) is 5.69 Å². The summed E-state index contributed by atoms with van der Waals surface area (Å²) in [6, 6.07) is 8.87. The molecule has 32 heavy (non-hydrogen) atoms. The Morgan fingerprint density at radius 3 is 2.75 bits per heavy atom. The molecule has 8 heteroatoms. The molecule has 2 heterocycles. The van der Waals surface area contributed by atoms with Crippen LogP contribution in [0.1, 0.15) is 67.9 Å². The highest BCUT2D eigenvalue weighted by Crippen LogP contribution is 2.25. The summed E-state index contributed by atoms with van der Waals surface area (Å²) in [7, 11) is 0. The largest absolute Gasteiger partial charge is 0.476 e. The van der Waals surface area contributed by atoms with Crippen molar-refractivity contribution < 1.29 is 14.7 Å². The van der Waals surface area contributed by atoms with E-state index in [0.29, 0.717) is 18.7 Å². The van der Waals surface area contributed by atoms with E-state index >= 15 is 0 Å². The van der Waals surface area contributed by atoms with Crippen molar-refractivity contribution in [1.29, 1.82) is 0 Å². The van der Waals surface area contributed by atoms with Gasteiger partial charge < -0.3 is 15.3 Å². The number of anilines is 1. The minimum atomic E-state index is -1.01. The number of aromatic carboxylic acids is 1. The van der Waals surface area contributed by atoms with Crippen LogP contribution in [0, 0.1) is 0 Å². The summed E-state index contributed by atoms with van der Waals surface area (Å²) >= 11 is 2.84. The van der Waals surface area contributed by atoms with Gasteiger partial charge in [-0.1, -0.05) is 56.5 Å². The number of carbonyl (C=O) groups excluding carboxylic acids is 1. The number of unbranched alkanes of at least 4 members (excludes halogenated alkanes) is 4. The monoisotopic (exact) mass is 475 g/mol. The van der Waals surface area contributed by atoms with E-state index in [1.165, 1.54) is 60.8 Å². The number of aryl methyl sites for hydroxylation is 1. The minimum Gasteiger partial charge on any atom is -0.476 e. The number of likely N-dealkylation sites (tertiary alicyclic amines) is 1. The quantitative estimate of drug-likeness (QED) is 0.275. The molecule has 1 unspecified atom stereocenters. The zero-order valence-electron chi connectivity index (χ0n) is 18.7. The fourth-order valence-electron chi connectivity index (χ4n) is 3.92. The Labute approximate surface area is 198 Å². The molecular weight excluding hydrogens is 442 g/mol. The van der Waals surface area contributed by atoms with Crippen LogP contribution in [0.15, 0.2) is 34.0 Å². The first kappa shape index (κ1) is 24.6. The Morgan fingerprint density at radius 1 is 1.25 bits per heavy atom. The van der Waals surface area contributed by atoms with Crippen molar-refractivity contribution in [2.75, 3.05) is 24.2 Å². The van der Waals surface area contributed by atoms with E-state index in [0.717, 1.165) is 29.4 Å². The molecule has 0 aliphatic carbocycles. The second kappa shape index (κ2) is 12.8. The number of aromatic nitrogens is 1. The van der Waals surface area contributed by atoms with Crippen molar-refractivity contribution in [3.8, 4) is 0 Å². The second-order valence-electron chi connectivity index (χ2n) is 8.17. The van der Waals surface area contributed by atoms with E-state index in [2.05, 4.69) is 41.5 Å². The van der Waals surface area contributed by atoms with E-state index < -0.39 is 5.97 Å². The maximum Gasteiger partial charge on any atom is 0.355 e. The highest BCUT2D eigenvalue weighted by molar-refractivity contribution is 8.01. The van der Waals surface area contributed by atoms with Gasteiger partial charge in [0.2, 0.25) is 5.91 Å². The lowest BCUT2D eigenvalue weighted by Gasteiger charge is -2.25. The summed E-state index contributed by atoms with van der Waals surface area (Å²) in [6.45, 7) is 3.63. The Balaban J connectivity index is 1.40. The van der Waals surface area contributed by atoms with Crippen LogP contribution in [-0.4, -0.2) is 51.8 Å². The molecule has 1 fully saturated rings. The maximum atomic E-state index is 12.3. The Bertz CT molecular complexity index is 870.